The summed E-state index contributed by atoms with van der Waals surface area (Å²) in [6, 6.07) is 0. The Labute approximate surface area is 113 Å². The molecule has 0 aliphatic heterocycles. The van der Waals surface area contributed by atoms with Gasteiger partial charge in [0, 0.05) is 5.97 Å². The van der Waals surface area contributed by atoms with E-state index in [0.29, 0.717) is 5.92 Å². The van der Waals surface area contributed by atoms with Gasteiger partial charge in [0.25, 0.3) is 0 Å². The number of hydrogen-bond donors (Lipinski definition) is 0. The molecule has 0 aliphatic rings. The number of carbonyl (C=O) groups is 1. The van der Waals surface area contributed by atoms with Gasteiger partial charge in [-0.2, -0.15) is 0 Å². The highest BCUT2D eigenvalue weighted by Crippen LogP contribution is 2.19. The summed E-state index contributed by atoms with van der Waals surface area (Å²) >= 11 is 0. The summed E-state index contributed by atoms with van der Waals surface area (Å²) in [6.45, 7) is 6.57. The van der Waals surface area contributed by atoms with Crippen molar-refractivity contribution in [1.82, 2.24) is 0 Å². The summed E-state index contributed by atoms with van der Waals surface area (Å²) in [5, 5.41) is 11.0. The second-order valence-corrected chi connectivity index (χ2v) is 5.90. The molecule has 1 unspecified atom stereocenters. The first-order chi connectivity index (χ1) is 8.57. The Hall–Kier alpha value is -0.530. The Balaban J connectivity index is 3.61. The highest BCUT2D eigenvalue weighted by molar-refractivity contribution is 5.67. The zero-order chi connectivity index (χ0) is 13.8. The zero-order valence-electron chi connectivity index (χ0n) is 12.5. The number of rotatable bonds is 12. The number of unbranched alkanes of at least 4 members (excludes halogenated alkanes) is 5. The average Bonchev–Trinajstić information content (AvgIpc) is 2.30. The molecule has 2 heteroatoms. The van der Waals surface area contributed by atoms with Crippen LogP contribution < -0.4 is 5.11 Å². The van der Waals surface area contributed by atoms with E-state index >= 15 is 0 Å². The van der Waals surface area contributed by atoms with Crippen molar-refractivity contribution in [3.63, 3.8) is 0 Å². The summed E-state index contributed by atoms with van der Waals surface area (Å²) in [7, 11) is 0. The first-order valence-electron chi connectivity index (χ1n) is 7.78. The van der Waals surface area contributed by atoms with Crippen LogP contribution in [-0.2, 0) is 4.79 Å². The lowest BCUT2D eigenvalue weighted by Crippen LogP contribution is -2.31. The van der Waals surface area contributed by atoms with Gasteiger partial charge in [-0.05, 0) is 24.7 Å². The van der Waals surface area contributed by atoms with E-state index in [9.17, 15) is 9.90 Å². The first-order valence-corrected chi connectivity index (χ1v) is 7.78. The molecule has 0 fully saturated rings. The van der Waals surface area contributed by atoms with Crippen molar-refractivity contribution < 1.29 is 9.90 Å². The van der Waals surface area contributed by atoms with Crippen molar-refractivity contribution in [2.24, 2.45) is 11.8 Å². The van der Waals surface area contributed by atoms with Gasteiger partial charge in [-0.1, -0.05) is 72.1 Å². The fourth-order valence-electron chi connectivity index (χ4n) is 2.32. The molecule has 0 saturated carbocycles. The molecule has 0 aromatic heterocycles. The van der Waals surface area contributed by atoms with Crippen LogP contribution in [0.15, 0.2) is 0 Å². The number of carboxylic acids is 1. The molecule has 0 spiro atoms. The van der Waals surface area contributed by atoms with Crippen LogP contribution in [-0.4, -0.2) is 5.97 Å². The molecule has 0 rings (SSSR count). The van der Waals surface area contributed by atoms with E-state index in [1.807, 2.05) is 0 Å². The molecule has 0 aromatic carbocycles. The van der Waals surface area contributed by atoms with E-state index in [0.717, 1.165) is 32.1 Å². The Kier molecular flexibility index (Phi) is 11.2. The first kappa shape index (κ1) is 17.5. The fraction of sp³-hybridized carbons (Fsp3) is 0.938. The predicted molar refractivity (Wildman–Crippen MR) is 75.2 cm³/mol. The van der Waals surface area contributed by atoms with Crippen molar-refractivity contribution in [1.29, 1.82) is 0 Å². The second kappa shape index (κ2) is 11.6. The summed E-state index contributed by atoms with van der Waals surface area (Å²) in [4.78, 5) is 11.0. The molecule has 2 nitrogen and oxygen atoms in total. The van der Waals surface area contributed by atoms with E-state index in [1.54, 1.807) is 0 Å². The maximum atomic E-state index is 11.0. The van der Waals surface area contributed by atoms with Gasteiger partial charge in [-0.25, -0.2) is 0 Å². The lowest BCUT2D eigenvalue weighted by Gasteiger charge is -2.18. The molecular weight excluding hydrogens is 224 g/mol. The summed E-state index contributed by atoms with van der Waals surface area (Å²) in [5.74, 6) is -0.385. The SMILES string of the molecule is CCCCCCCCC(CCCC(C)C)C(=O)[O-]. The monoisotopic (exact) mass is 255 g/mol. The minimum atomic E-state index is -0.840. The van der Waals surface area contributed by atoms with E-state index < -0.39 is 5.97 Å². The van der Waals surface area contributed by atoms with Crippen molar-refractivity contribution in [2.75, 3.05) is 0 Å². The van der Waals surface area contributed by atoms with Gasteiger partial charge in [-0.15, -0.1) is 0 Å². The van der Waals surface area contributed by atoms with Crippen LogP contribution in [0.4, 0.5) is 0 Å². The molecular formula is C16H31O2-. The van der Waals surface area contributed by atoms with Crippen molar-refractivity contribution >= 4 is 5.97 Å². The highest BCUT2D eigenvalue weighted by atomic mass is 16.4. The standard InChI is InChI=1S/C16H32O2/c1-4-5-6-7-8-9-12-15(16(17)18)13-10-11-14(2)3/h14-15H,4-13H2,1-3H3,(H,17,18)/p-1. The Morgan fingerprint density at radius 2 is 1.44 bits per heavy atom. The molecule has 0 bridgehead atoms. The Morgan fingerprint density at radius 1 is 0.889 bits per heavy atom. The van der Waals surface area contributed by atoms with E-state index in [-0.39, 0.29) is 5.92 Å². The van der Waals surface area contributed by atoms with Gasteiger partial charge in [0.15, 0.2) is 0 Å². The smallest absolute Gasteiger partial charge is 0.0445 e. The molecule has 0 aliphatic carbocycles. The Bertz CT molecular complexity index is 199. The van der Waals surface area contributed by atoms with E-state index in [4.69, 9.17) is 0 Å². The zero-order valence-corrected chi connectivity index (χ0v) is 12.5. The summed E-state index contributed by atoms with van der Waals surface area (Å²) in [5.41, 5.74) is 0. The second-order valence-electron chi connectivity index (χ2n) is 5.90. The maximum Gasteiger partial charge on any atom is 0.0445 e. The minimum Gasteiger partial charge on any atom is -0.550 e. The van der Waals surface area contributed by atoms with Crippen molar-refractivity contribution in [3.05, 3.63) is 0 Å². The van der Waals surface area contributed by atoms with Crippen LogP contribution in [0, 0.1) is 11.8 Å². The molecule has 0 saturated heterocycles. The van der Waals surface area contributed by atoms with Gasteiger partial charge >= 0.3 is 0 Å². The maximum absolute atomic E-state index is 11.0. The molecule has 0 heterocycles. The lowest BCUT2D eigenvalue weighted by atomic mass is 9.93. The molecule has 1 atom stereocenters. The van der Waals surface area contributed by atoms with E-state index in [2.05, 4.69) is 20.8 Å². The summed E-state index contributed by atoms with van der Waals surface area (Å²) < 4.78 is 0. The number of carboxylic acid groups (broad SMARTS) is 1. The van der Waals surface area contributed by atoms with Crippen LogP contribution in [0.3, 0.4) is 0 Å². The number of aliphatic carboxylic acids is 1. The molecule has 0 N–H and O–H groups in total. The van der Waals surface area contributed by atoms with Crippen LogP contribution in [0.2, 0.25) is 0 Å². The van der Waals surface area contributed by atoms with Gasteiger partial charge < -0.3 is 9.90 Å². The third kappa shape index (κ3) is 10.6. The van der Waals surface area contributed by atoms with Gasteiger partial charge in [0.05, 0.1) is 0 Å². The van der Waals surface area contributed by atoms with Crippen LogP contribution in [0.5, 0.6) is 0 Å². The van der Waals surface area contributed by atoms with Gasteiger partial charge in [0.1, 0.15) is 0 Å². The highest BCUT2D eigenvalue weighted by Gasteiger charge is 2.09. The van der Waals surface area contributed by atoms with Crippen LogP contribution in [0.25, 0.3) is 0 Å². The number of carbonyl (C=O) groups excluding carboxylic acids is 1. The quantitative estimate of drug-likeness (QED) is 0.496. The van der Waals surface area contributed by atoms with Gasteiger partial charge in [-0.3, -0.25) is 0 Å². The van der Waals surface area contributed by atoms with Gasteiger partial charge in [0.2, 0.25) is 0 Å². The Morgan fingerprint density at radius 3 is 2.00 bits per heavy atom. The number of hydrogen-bond acceptors (Lipinski definition) is 2. The third-order valence-corrected chi connectivity index (χ3v) is 3.57. The summed E-state index contributed by atoms with van der Waals surface area (Å²) in [6.07, 6.45) is 11.1. The largest absolute Gasteiger partial charge is 0.550 e. The van der Waals surface area contributed by atoms with Crippen LogP contribution >= 0.6 is 0 Å². The predicted octanol–water partition coefficient (Wildman–Crippen LogP) is 3.93. The molecule has 108 valence electrons. The molecule has 18 heavy (non-hydrogen) atoms. The molecule has 0 aromatic rings. The third-order valence-electron chi connectivity index (χ3n) is 3.57. The van der Waals surface area contributed by atoms with E-state index in [1.165, 1.54) is 32.1 Å². The van der Waals surface area contributed by atoms with Crippen molar-refractivity contribution in [2.45, 2.75) is 85.0 Å². The van der Waals surface area contributed by atoms with Crippen LogP contribution in [0.1, 0.15) is 85.0 Å². The average molecular weight is 255 g/mol. The topological polar surface area (TPSA) is 40.1 Å². The van der Waals surface area contributed by atoms with Crippen molar-refractivity contribution in [3.8, 4) is 0 Å². The molecule has 0 amide bonds. The normalized spacial score (nSPS) is 12.9. The lowest BCUT2D eigenvalue weighted by molar-refractivity contribution is -0.312. The molecule has 0 radical (unpaired) electrons. The minimum absolute atomic E-state index is 0.213. The fourth-order valence-corrected chi connectivity index (χ4v) is 2.32.